The molecule has 0 aliphatic rings. The number of pyridine rings is 1. The number of carbonyl (C=O) groups is 1. The highest BCUT2D eigenvalue weighted by Crippen LogP contribution is 2.17. The number of carbonyl (C=O) groups excluding carboxylic acids is 1. The third kappa shape index (κ3) is 3.33. The first-order valence-corrected chi connectivity index (χ1v) is 7.05. The number of anilines is 1. The molecule has 2 aromatic rings. The summed E-state index contributed by atoms with van der Waals surface area (Å²) in [6.07, 6.45) is 3.47. The van der Waals surface area contributed by atoms with Gasteiger partial charge in [-0.05, 0) is 34.5 Å². The molecule has 2 heterocycles. The fourth-order valence-corrected chi connectivity index (χ4v) is 2.36. The SMILES string of the molecule is CCCc1nnc(NC(=O)c2ccc(Br)cn2)s1. The Morgan fingerprint density at radius 1 is 1.44 bits per heavy atom. The number of aryl methyl sites for hydroxylation is 1. The van der Waals surface area contributed by atoms with Crippen molar-refractivity contribution >= 4 is 38.3 Å². The van der Waals surface area contributed by atoms with E-state index in [1.165, 1.54) is 11.3 Å². The Kier molecular flexibility index (Phi) is 4.38. The maximum absolute atomic E-state index is 11.8. The number of amides is 1. The highest BCUT2D eigenvalue weighted by atomic mass is 79.9. The second-order valence-electron chi connectivity index (χ2n) is 3.57. The molecule has 0 bridgehead atoms. The lowest BCUT2D eigenvalue weighted by molar-refractivity contribution is 0.102. The van der Waals surface area contributed by atoms with Crippen LogP contribution in [0.1, 0.15) is 28.8 Å². The van der Waals surface area contributed by atoms with E-state index in [4.69, 9.17) is 0 Å². The molecular weight excluding hydrogens is 316 g/mol. The normalized spacial score (nSPS) is 10.3. The second-order valence-corrected chi connectivity index (χ2v) is 5.54. The van der Waals surface area contributed by atoms with E-state index in [0.29, 0.717) is 10.8 Å². The third-order valence-electron chi connectivity index (χ3n) is 2.11. The van der Waals surface area contributed by atoms with Crippen LogP contribution < -0.4 is 5.32 Å². The lowest BCUT2D eigenvalue weighted by atomic mass is 10.3. The van der Waals surface area contributed by atoms with Gasteiger partial charge < -0.3 is 0 Å². The number of hydrogen-bond donors (Lipinski definition) is 1. The second kappa shape index (κ2) is 6.01. The van der Waals surface area contributed by atoms with Gasteiger partial charge in [0.15, 0.2) is 0 Å². The maximum atomic E-state index is 11.8. The summed E-state index contributed by atoms with van der Waals surface area (Å²) in [4.78, 5) is 15.9. The molecule has 0 saturated heterocycles. The van der Waals surface area contributed by atoms with E-state index < -0.39 is 0 Å². The van der Waals surface area contributed by atoms with Crippen LogP contribution in [0.25, 0.3) is 0 Å². The predicted molar refractivity (Wildman–Crippen MR) is 73.8 cm³/mol. The molecule has 1 N–H and O–H groups in total. The molecule has 2 aromatic heterocycles. The van der Waals surface area contributed by atoms with Crippen molar-refractivity contribution in [2.24, 2.45) is 0 Å². The minimum atomic E-state index is -0.276. The average molecular weight is 327 g/mol. The largest absolute Gasteiger partial charge is 0.295 e. The molecule has 0 fully saturated rings. The standard InChI is InChI=1S/C11H11BrN4OS/c1-2-3-9-15-16-11(18-9)14-10(17)8-5-4-7(12)6-13-8/h4-6H,2-3H2,1H3,(H,14,16,17). The van der Waals surface area contributed by atoms with Gasteiger partial charge in [0.25, 0.3) is 5.91 Å². The molecule has 0 atom stereocenters. The van der Waals surface area contributed by atoms with Crippen molar-refractivity contribution in [2.75, 3.05) is 5.32 Å². The van der Waals surface area contributed by atoms with Gasteiger partial charge in [0.1, 0.15) is 10.7 Å². The summed E-state index contributed by atoms with van der Waals surface area (Å²) < 4.78 is 0.834. The van der Waals surface area contributed by atoms with Gasteiger partial charge in [0, 0.05) is 17.1 Å². The van der Waals surface area contributed by atoms with E-state index in [-0.39, 0.29) is 5.91 Å². The van der Waals surface area contributed by atoms with Gasteiger partial charge in [-0.15, -0.1) is 10.2 Å². The summed E-state index contributed by atoms with van der Waals surface area (Å²) in [6, 6.07) is 3.41. The Balaban J connectivity index is 2.04. The number of nitrogens with zero attached hydrogens (tertiary/aromatic N) is 3. The van der Waals surface area contributed by atoms with Crippen LogP contribution in [0.5, 0.6) is 0 Å². The molecule has 94 valence electrons. The van der Waals surface area contributed by atoms with Crippen molar-refractivity contribution in [1.29, 1.82) is 0 Å². The molecule has 0 aliphatic heterocycles. The molecule has 0 aromatic carbocycles. The van der Waals surface area contributed by atoms with E-state index in [1.54, 1.807) is 18.3 Å². The van der Waals surface area contributed by atoms with Crippen LogP contribution >= 0.6 is 27.3 Å². The van der Waals surface area contributed by atoms with Crippen LogP contribution in [0.3, 0.4) is 0 Å². The monoisotopic (exact) mass is 326 g/mol. The topological polar surface area (TPSA) is 67.8 Å². The Morgan fingerprint density at radius 2 is 2.28 bits per heavy atom. The first-order valence-electron chi connectivity index (χ1n) is 5.44. The highest BCUT2D eigenvalue weighted by Gasteiger charge is 2.10. The molecule has 0 radical (unpaired) electrons. The first-order chi connectivity index (χ1) is 8.69. The smallest absolute Gasteiger partial charge is 0.276 e. The zero-order valence-corrected chi connectivity index (χ0v) is 12.1. The summed E-state index contributed by atoms with van der Waals surface area (Å²) in [7, 11) is 0. The Morgan fingerprint density at radius 3 is 2.94 bits per heavy atom. The van der Waals surface area contributed by atoms with E-state index in [1.807, 2.05) is 0 Å². The van der Waals surface area contributed by atoms with Gasteiger partial charge in [-0.25, -0.2) is 4.98 Å². The van der Waals surface area contributed by atoms with Crippen LogP contribution in [-0.2, 0) is 6.42 Å². The summed E-state index contributed by atoms with van der Waals surface area (Å²) in [5.41, 5.74) is 0.352. The molecular formula is C11H11BrN4OS. The Labute approximate surface area is 117 Å². The first kappa shape index (κ1) is 13.1. The molecule has 0 spiro atoms. The van der Waals surface area contributed by atoms with Crippen LogP contribution in [-0.4, -0.2) is 21.1 Å². The van der Waals surface area contributed by atoms with Crippen molar-refractivity contribution in [2.45, 2.75) is 19.8 Å². The number of hydrogen-bond acceptors (Lipinski definition) is 5. The number of halogens is 1. The fourth-order valence-electron chi connectivity index (χ4n) is 1.29. The van der Waals surface area contributed by atoms with Crippen molar-refractivity contribution in [1.82, 2.24) is 15.2 Å². The van der Waals surface area contributed by atoms with Gasteiger partial charge in [-0.3, -0.25) is 10.1 Å². The van der Waals surface area contributed by atoms with Gasteiger partial charge in [0.2, 0.25) is 5.13 Å². The van der Waals surface area contributed by atoms with Gasteiger partial charge in [0.05, 0.1) is 0 Å². The number of rotatable bonds is 4. The molecule has 0 unspecified atom stereocenters. The molecule has 2 rings (SSSR count). The van der Waals surface area contributed by atoms with Crippen LogP contribution in [0.2, 0.25) is 0 Å². The van der Waals surface area contributed by atoms with Gasteiger partial charge >= 0.3 is 0 Å². The zero-order valence-electron chi connectivity index (χ0n) is 9.68. The molecule has 0 aliphatic carbocycles. The van der Waals surface area contributed by atoms with Gasteiger partial charge in [-0.1, -0.05) is 18.3 Å². The Bertz CT molecular complexity index is 540. The van der Waals surface area contributed by atoms with Crippen molar-refractivity contribution in [3.63, 3.8) is 0 Å². The molecule has 18 heavy (non-hydrogen) atoms. The zero-order chi connectivity index (χ0) is 13.0. The molecule has 0 saturated carbocycles. The van der Waals surface area contributed by atoms with Crippen LogP contribution in [0.15, 0.2) is 22.8 Å². The van der Waals surface area contributed by atoms with E-state index in [0.717, 1.165) is 22.3 Å². The number of aromatic nitrogens is 3. The molecule has 5 nitrogen and oxygen atoms in total. The van der Waals surface area contributed by atoms with E-state index >= 15 is 0 Å². The lowest BCUT2D eigenvalue weighted by Gasteiger charge is -1.99. The average Bonchev–Trinajstić information content (AvgIpc) is 2.78. The van der Waals surface area contributed by atoms with Crippen molar-refractivity contribution < 1.29 is 4.79 Å². The molecule has 1 amide bonds. The van der Waals surface area contributed by atoms with E-state index in [9.17, 15) is 4.79 Å². The quantitative estimate of drug-likeness (QED) is 0.937. The predicted octanol–water partition coefficient (Wildman–Crippen LogP) is 2.90. The third-order valence-corrected chi connectivity index (χ3v) is 3.48. The minimum absolute atomic E-state index is 0.276. The van der Waals surface area contributed by atoms with Crippen molar-refractivity contribution in [3.05, 3.63) is 33.5 Å². The fraction of sp³-hybridized carbons (Fsp3) is 0.273. The summed E-state index contributed by atoms with van der Waals surface area (Å²) >= 11 is 4.66. The summed E-state index contributed by atoms with van der Waals surface area (Å²) in [6.45, 7) is 2.07. The molecule has 7 heteroatoms. The van der Waals surface area contributed by atoms with Crippen LogP contribution in [0.4, 0.5) is 5.13 Å². The lowest BCUT2D eigenvalue weighted by Crippen LogP contribution is -2.13. The Hall–Kier alpha value is -1.34. The minimum Gasteiger partial charge on any atom is -0.295 e. The maximum Gasteiger partial charge on any atom is 0.276 e. The van der Waals surface area contributed by atoms with Gasteiger partial charge in [-0.2, -0.15) is 0 Å². The number of nitrogens with one attached hydrogen (secondary N) is 1. The van der Waals surface area contributed by atoms with Crippen LogP contribution in [0, 0.1) is 0 Å². The summed E-state index contributed by atoms with van der Waals surface area (Å²) in [5, 5.41) is 12.0. The van der Waals surface area contributed by atoms with Crippen molar-refractivity contribution in [3.8, 4) is 0 Å². The highest BCUT2D eigenvalue weighted by molar-refractivity contribution is 9.10. The van der Waals surface area contributed by atoms with E-state index in [2.05, 4.69) is 43.4 Å². The summed E-state index contributed by atoms with van der Waals surface area (Å²) in [5.74, 6) is -0.276.